The highest BCUT2D eigenvalue weighted by Gasteiger charge is 2.37. The molecular formula is C25H27F3N2O5. The van der Waals surface area contributed by atoms with E-state index in [1.54, 1.807) is 13.8 Å². The Hall–Kier alpha value is -3.56. The van der Waals surface area contributed by atoms with Gasteiger partial charge < -0.3 is 20.5 Å². The highest BCUT2D eigenvalue weighted by atomic mass is 19.4. The zero-order valence-corrected chi connectivity index (χ0v) is 19.3. The summed E-state index contributed by atoms with van der Waals surface area (Å²) in [5.41, 5.74) is 4.21. The minimum atomic E-state index is -4.76. The Morgan fingerprint density at radius 3 is 2.00 bits per heavy atom. The molecule has 2 amide bonds. The molecule has 0 radical (unpaired) electrons. The number of carbonyl (C=O) groups excluding carboxylic acids is 2. The lowest BCUT2D eigenvalue weighted by Gasteiger charge is -2.24. The van der Waals surface area contributed by atoms with Crippen LogP contribution < -0.4 is 10.6 Å². The minimum Gasteiger partial charge on any atom is -0.480 e. The van der Waals surface area contributed by atoms with Gasteiger partial charge in [-0.1, -0.05) is 62.4 Å². The lowest BCUT2D eigenvalue weighted by molar-refractivity contribution is -0.160. The smallest absolute Gasteiger partial charge is 0.407 e. The third kappa shape index (κ3) is 6.74. The molecule has 3 N–H and O–H groups in total. The van der Waals surface area contributed by atoms with E-state index in [4.69, 9.17) is 9.84 Å². The van der Waals surface area contributed by atoms with Crippen molar-refractivity contribution >= 4 is 18.0 Å². The molecule has 1 aliphatic rings. The van der Waals surface area contributed by atoms with Gasteiger partial charge in [0.25, 0.3) is 0 Å². The summed E-state index contributed by atoms with van der Waals surface area (Å²) in [5.74, 6) is -3.14. The summed E-state index contributed by atoms with van der Waals surface area (Å²) < 4.78 is 43.2. The highest BCUT2D eigenvalue weighted by Crippen LogP contribution is 2.44. The predicted octanol–water partition coefficient (Wildman–Crippen LogP) is 4.46. The zero-order valence-electron chi connectivity index (χ0n) is 19.3. The normalized spacial score (nSPS) is 14.6. The van der Waals surface area contributed by atoms with Gasteiger partial charge in [-0.2, -0.15) is 13.2 Å². The van der Waals surface area contributed by atoms with Gasteiger partial charge in [0, 0.05) is 18.4 Å². The number of hydrogen-bond donors (Lipinski definition) is 3. The first kappa shape index (κ1) is 26.1. The van der Waals surface area contributed by atoms with Crippen LogP contribution in [0.25, 0.3) is 11.1 Å². The SMILES string of the molecule is CC(C)[C@@H](CC(=O)NC(CC(F)(F)F)C(=O)O)NC(=O)OCC1c2ccccc2-c2ccccc21. The first-order valence-corrected chi connectivity index (χ1v) is 11.2. The summed E-state index contributed by atoms with van der Waals surface area (Å²) in [6.07, 6.45) is -7.62. The second kappa shape index (κ2) is 10.8. The van der Waals surface area contributed by atoms with Crippen molar-refractivity contribution in [1.29, 1.82) is 0 Å². The lowest BCUT2D eigenvalue weighted by atomic mass is 9.98. The molecule has 2 atom stereocenters. The largest absolute Gasteiger partial charge is 0.480 e. The number of alkyl carbamates (subject to hydrolysis) is 1. The predicted molar refractivity (Wildman–Crippen MR) is 122 cm³/mol. The molecule has 1 unspecified atom stereocenters. The third-order valence-corrected chi connectivity index (χ3v) is 5.93. The molecule has 0 fully saturated rings. The van der Waals surface area contributed by atoms with Crippen molar-refractivity contribution in [2.24, 2.45) is 5.92 Å². The quantitative estimate of drug-likeness (QED) is 0.479. The van der Waals surface area contributed by atoms with Crippen LogP contribution in [0.3, 0.4) is 0 Å². The van der Waals surface area contributed by atoms with Crippen LogP contribution in [0.1, 0.15) is 43.7 Å². The number of benzene rings is 2. The molecule has 0 bridgehead atoms. The van der Waals surface area contributed by atoms with Crippen LogP contribution in [-0.4, -0.2) is 47.9 Å². The van der Waals surface area contributed by atoms with Crippen molar-refractivity contribution in [3.05, 3.63) is 59.7 Å². The molecule has 35 heavy (non-hydrogen) atoms. The van der Waals surface area contributed by atoms with E-state index in [-0.39, 0.29) is 18.4 Å². The van der Waals surface area contributed by atoms with Crippen LogP contribution in [0, 0.1) is 5.92 Å². The maximum absolute atomic E-state index is 12.6. The van der Waals surface area contributed by atoms with E-state index in [0.717, 1.165) is 22.3 Å². The monoisotopic (exact) mass is 492 g/mol. The topological polar surface area (TPSA) is 105 Å². The second-order valence-corrected chi connectivity index (χ2v) is 8.80. The van der Waals surface area contributed by atoms with Crippen LogP contribution in [-0.2, 0) is 14.3 Å². The van der Waals surface area contributed by atoms with Crippen molar-refractivity contribution < 1.29 is 37.4 Å². The molecule has 0 saturated heterocycles. The van der Waals surface area contributed by atoms with E-state index in [1.807, 2.05) is 53.8 Å². The molecule has 0 aromatic heterocycles. The summed E-state index contributed by atoms with van der Waals surface area (Å²) in [5, 5.41) is 13.4. The van der Waals surface area contributed by atoms with Crippen LogP contribution in [0.2, 0.25) is 0 Å². The van der Waals surface area contributed by atoms with Crippen molar-refractivity contribution in [1.82, 2.24) is 10.6 Å². The Kier molecular flexibility index (Phi) is 8.03. The second-order valence-electron chi connectivity index (χ2n) is 8.80. The fraction of sp³-hybridized carbons (Fsp3) is 0.400. The highest BCUT2D eigenvalue weighted by molar-refractivity contribution is 5.84. The summed E-state index contributed by atoms with van der Waals surface area (Å²) in [6.45, 7) is 3.49. The number of amides is 2. The molecule has 2 aromatic carbocycles. The molecule has 0 aliphatic heterocycles. The Morgan fingerprint density at radius 1 is 0.971 bits per heavy atom. The van der Waals surface area contributed by atoms with Crippen molar-refractivity contribution in [2.75, 3.05) is 6.61 Å². The molecule has 7 nitrogen and oxygen atoms in total. The molecule has 2 aromatic rings. The van der Waals surface area contributed by atoms with Crippen molar-refractivity contribution in [2.45, 2.75) is 50.9 Å². The average molecular weight is 492 g/mol. The van der Waals surface area contributed by atoms with Gasteiger partial charge in [-0.15, -0.1) is 0 Å². The number of halogens is 3. The number of rotatable bonds is 9. The zero-order chi connectivity index (χ0) is 25.8. The molecule has 1 aliphatic carbocycles. The van der Waals surface area contributed by atoms with Gasteiger partial charge in [0.05, 0.1) is 6.42 Å². The van der Waals surface area contributed by atoms with E-state index in [1.165, 1.54) is 0 Å². The summed E-state index contributed by atoms with van der Waals surface area (Å²) in [7, 11) is 0. The van der Waals surface area contributed by atoms with Gasteiger partial charge in [0.2, 0.25) is 5.91 Å². The van der Waals surface area contributed by atoms with E-state index in [2.05, 4.69) is 5.32 Å². The molecule has 0 saturated carbocycles. The summed E-state index contributed by atoms with van der Waals surface area (Å²) in [4.78, 5) is 35.9. The molecule has 3 rings (SSSR count). The Balaban J connectivity index is 1.60. The average Bonchev–Trinajstić information content (AvgIpc) is 3.09. The van der Waals surface area contributed by atoms with Gasteiger partial charge >= 0.3 is 18.2 Å². The maximum atomic E-state index is 12.6. The van der Waals surface area contributed by atoms with Gasteiger partial charge in [-0.3, -0.25) is 4.79 Å². The molecular weight excluding hydrogens is 465 g/mol. The van der Waals surface area contributed by atoms with Crippen molar-refractivity contribution in [3.8, 4) is 11.1 Å². The maximum Gasteiger partial charge on any atom is 0.407 e. The fourth-order valence-electron chi connectivity index (χ4n) is 4.13. The number of hydrogen-bond acceptors (Lipinski definition) is 4. The number of nitrogens with one attached hydrogen (secondary N) is 2. The molecule has 188 valence electrons. The van der Waals surface area contributed by atoms with Gasteiger partial charge in [-0.05, 0) is 28.2 Å². The Labute approximate surface area is 200 Å². The molecule has 10 heteroatoms. The van der Waals surface area contributed by atoms with E-state index >= 15 is 0 Å². The number of fused-ring (bicyclic) bond motifs is 3. The van der Waals surface area contributed by atoms with Crippen LogP contribution in [0.15, 0.2) is 48.5 Å². The van der Waals surface area contributed by atoms with E-state index < -0.39 is 49.1 Å². The van der Waals surface area contributed by atoms with Gasteiger partial charge in [-0.25, -0.2) is 9.59 Å². The Morgan fingerprint density at radius 2 is 1.51 bits per heavy atom. The first-order chi connectivity index (χ1) is 16.5. The standard InChI is InChI=1S/C25H27F3N2O5/c1-14(2)20(11-22(31)29-21(23(32)33)12-25(26,27)28)30-24(34)35-13-19-17-9-5-3-7-15(17)16-8-4-6-10-18(16)19/h3-10,14,19-21H,11-13H2,1-2H3,(H,29,31)(H,30,34)(H,32,33)/t20-,21?/m1/s1. The lowest BCUT2D eigenvalue weighted by Crippen LogP contribution is -2.47. The fourth-order valence-corrected chi connectivity index (χ4v) is 4.13. The van der Waals surface area contributed by atoms with E-state index in [9.17, 15) is 27.6 Å². The van der Waals surface area contributed by atoms with Crippen LogP contribution in [0.5, 0.6) is 0 Å². The number of alkyl halides is 3. The van der Waals surface area contributed by atoms with Gasteiger partial charge in [0.1, 0.15) is 12.6 Å². The van der Waals surface area contributed by atoms with E-state index in [0.29, 0.717) is 0 Å². The molecule has 0 heterocycles. The first-order valence-electron chi connectivity index (χ1n) is 11.2. The third-order valence-electron chi connectivity index (χ3n) is 5.93. The van der Waals surface area contributed by atoms with Crippen LogP contribution >= 0.6 is 0 Å². The van der Waals surface area contributed by atoms with Crippen molar-refractivity contribution in [3.63, 3.8) is 0 Å². The Bertz CT molecular complexity index is 1040. The van der Waals surface area contributed by atoms with Crippen LogP contribution in [0.4, 0.5) is 18.0 Å². The number of carbonyl (C=O) groups is 3. The van der Waals surface area contributed by atoms with Gasteiger partial charge in [0.15, 0.2) is 0 Å². The summed E-state index contributed by atoms with van der Waals surface area (Å²) >= 11 is 0. The number of ether oxygens (including phenoxy) is 1. The molecule has 0 spiro atoms. The number of carboxylic acid groups (broad SMARTS) is 1. The number of aliphatic carboxylic acids is 1. The number of carboxylic acids is 1. The minimum absolute atomic E-state index is 0.0591. The summed E-state index contributed by atoms with van der Waals surface area (Å²) in [6, 6.07) is 12.8.